The van der Waals surface area contributed by atoms with Crippen LogP contribution >= 0.6 is 5.69 Å². The quantitative estimate of drug-likeness (QED) is 0.0421. The standard InChI is InChI=1S/3C13H19.H3O2PS2.3Zn/c3*1-2-3-4-5-7-10-13-11-8-6-9-12-13;1-3(2,4)5;;;/h3*6,8-9,11H,2-5,7,10H2,1H3;(H3,1,2,4,5);;;/q3*-1;;3*+2/p-3. The molecule has 0 aliphatic carbocycles. The predicted molar refractivity (Wildman–Crippen MR) is 195 cm³/mol. The predicted octanol–water partition coefficient (Wildman–Crippen LogP) is 10.5. The molecule has 0 heterocycles. The normalized spacial score (nSPS) is 9.74. The van der Waals surface area contributed by atoms with Crippen LogP contribution in [0, 0.1) is 18.2 Å². The summed E-state index contributed by atoms with van der Waals surface area (Å²) in [6.07, 6.45) is 24.0. The van der Waals surface area contributed by atoms with E-state index in [1.165, 1.54) is 132 Å². The Kier molecular flexibility index (Phi) is 47.2. The van der Waals surface area contributed by atoms with E-state index in [9.17, 15) is 9.79 Å². The zero-order chi connectivity index (χ0) is 32.6. The van der Waals surface area contributed by atoms with Crippen molar-refractivity contribution in [3.63, 3.8) is 0 Å². The third-order valence-corrected chi connectivity index (χ3v) is 6.97. The summed E-state index contributed by atoms with van der Waals surface area (Å²) in [5.41, 5.74) is 0.358. The van der Waals surface area contributed by atoms with E-state index in [1.807, 2.05) is 36.4 Å². The molecule has 0 unspecified atom stereocenters. The summed E-state index contributed by atoms with van der Waals surface area (Å²) in [6, 6.07) is 34.7. The van der Waals surface area contributed by atoms with Crippen molar-refractivity contribution in [3.8, 4) is 0 Å². The van der Waals surface area contributed by atoms with Crippen molar-refractivity contribution in [1.82, 2.24) is 0 Å². The summed E-state index contributed by atoms with van der Waals surface area (Å²) >= 11 is 7.28. The minimum atomic E-state index is -3.72. The molecule has 3 rings (SSSR count). The van der Waals surface area contributed by atoms with Gasteiger partial charge in [0.1, 0.15) is 0 Å². The van der Waals surface area contributed by atoms with Gasteiger partial charge in [0, 0.05) is 0 Å². The van der Waals surface area contributed by atoms with Crippen molar-refractivity contribution < 1.29 is 68.2 Å². The Morgan fingerprint density at radius 3 is 0.915 bits per heavy atom. The number of hydrogen-bond donors (Lipinski definition) is 0. The Morgan fingerprint density at radius 2 is 0.723 bits per heavy atom. The van der Waals surface area contributed by atoms with Crippen LogP contribution in [0.3, 0.4) is 0 Å². The molecule has 0 saturated heterocycles. The number of rotatable bonds is 18. The fourth-order valence-corrected chi connectivity index (χ4v) is 4.52. The summed E-state index contributed by atoms with van der Waals surface area (Å²) in [5, 5.41) is 0. The first-order chi connectivity index (χ1) is 21.3. The van der Waals surface area contributed by atoms with Crippen LogP contribution in [0.4, 0.5) is 0 Å². The average Bonchev–Trinajstić information content (AvgIpc) is 3.02. The van der Waals surface area contributed by atoms with Crippen LogP contribution in [0.2, 0.25) is 0 Å². The van der Waals surface area contributed by atoms with Gasteiger partial charge in [-0.3, -0.25) is 0 Å². The summed E-state index contributed by atoms with van der Waals surface area (Å²) < 4.78 is 0. The van der Waals surface area contributed by atoms with Gasteiger partial charge in [0.2, 0.25) is 0 Å². The molecule has 0 spiro atoms. The van der Waals surface area contributed by atoms with Crippen molar-refractivity contribution in [3.05, 3.63) is 108 Å². The minimum absolute atomic E-state index is 0. The maximum Gasteiger partial charge on any atom is 2.00 e. The van der Waals surface area contributed by atoms with Crippen molar-refractivity contribution in [2.45, 2.75) is 136 Å². The van der Waals surface area contributed by atoms with Gasteiger partial charge in [-0.2, -0.15) is 119 Å². The molecule has 0 atom stereocenters. The Labute approximate surface area is 339 Å². The summed E-state index contributed by atoms with van der Waals surface area (Å²) in [7, 11) is 0. The van der Waals surface area contributed by atoms with Gasteiger partial charge in [-0.25, -0.2) is 0 Å². The third-order valence-electron chi connectivity index (χ3n) is 6.97. The first-order valence-electron chi connectivity index (χ1n) is 16.9. The maximum absolute atomic E-state index is 9.29. The van der Waals surface area contributed by atoms with Crippen molar-refractivity contribution in [2.24, 2.45) is 0 Å². The van der Waals surface area contributed by atoms with Crippen LogP contribution in [0.5, 0.6) is 0 Å². The van der Waals surface area contributed by atoms with Crippen molar-refractivity contribution in [1.29, 1.82) is 0 Å². The largest absolute Gasteiger partial charge is 2.00 e. The zero-order valence-corrected chi connectivity index (χ0v) is 41.3. The molecule has 3 aromatic rings. The molecule has 248 valence electrons. The number of benzene rings is 3. The van der Waals surface area contributed by atoms with E-state index in [-0.39, 0.29) is 58.4 Å². The van der Waals surface area contributed by atoms with Crippen LogP contribution in [0.1, 0.15) is 134 Å². The molecule has 0 N–H and O–H groups in total. The molecule has 2 nitrogen and oxygen atoms in total. The van der Waals surface area contributed by atoms with E-state index in [4.69, 9.17) is 0 Å². The van der Waals surface area contributed by atoms with Gasteiger partial charge in [-0.1, -0.05) is 136 Å². The number of unbranched alkanes of at least 4 members (excludes halogenated alkanes) is 12. The maximum atomic E-state index is 9.29. The van der Waals surface area contributed by atoms with Crippen LogP contribution in [0.15, 0.2) is 72.8 Å². The first kappa shape index (κ1) is 54.2. The SMILES string of the molecule is CCCCCCCc1[c-]cccc1.CCCCCCCc1[c-]cccc1.CCCCCCCc1[c-]cccc1.[O-]P([O-])(=S)[S-].[Zn+2].[Zn+2].[Zn+2]. The molecule has 0 bridgehead atoms. The van der Waals surface area contributed by atoms with Gasteiger partial charge in [-0.15, -0.1) is 0 Å². The minimum Gasteiger partial charge on any atom is -0.850 e. The van der Waals surface area contributed by atoms with Gasteiger partial charge in [0.25, 0.3) is 0 Å². The summed E-state index contributed by atoms with van der Waals surface area (Å²) in [5.74, 6) is 0. The topological polar surface area (TPSA) is 46.1 Å². The molecule has 0 saturated carbocycles. The molecular weight excluding hydrogens is 792 g/mol. The van der Waals surface area contributed by atoms with Gasteiger partial charge < -0.3 is 27.7 Å². The second-order valence-electron chi connectivity index (χ2n) is 11.1. The second kappa shape index (κ2) is 40.9. The van der Waals surface area contributed by atoms with Gasteiger partial charge in [0.05, 0.1) is 0 Å². The molecule has 0 amide bonds. The Bertz CT molecular complexity index is 900. The fourth-order valence-electron chi connectivity index (χ4n) is 4.52. The van der Waals surface area contributed by atoms with E-state index >= 15 is 0 Å². The van der Waals surface area contributed by atoms with Crippen LogP contribution in [-0.4, -0.2) is 0 Å². The Balaban J connectivity index is -0.000000267. The van der Waals surface area contributed by atoms with Gasteiger partial charge in [0.15, 0.2) is 0 Å². The van der Waals surface area contributed by atoms with Gasteiger partial charge >= 0.3 is 58.4 Å². The monoisotopic (exact) mass is 844 g/mol. The van der Waals surface area contributed by atoms with E-state index in [1.54, 1.807) is 0 Å². The van der Waals surface area contributed by atoms with Gasteiger partial charge in [-0.05, 0) is 0 Å². The molecule has 0 aromatic heterocycles. The summed E-state index contributed by atoms with van der Waals surface area (Å²) in [4.78, 5) is 18.6. The zero-order valence-electron chi connectivity index (χ0n) is 29.9. The van der Waals surface area contributed by atoms with E-state index in [2.05, 4.69) is 99.4 Å². The molecule has 0 aliphatic rings. The molecule has 8 heteroatoms. The van der Waals surface area contributed by atoms with Crippen molar-refractivity contribution >= 4 is 29.7 Å². The first-order valence-corrected chi connectivity index (χ1v) is 20.5. The Morgan fingerprint density at radius 1 is 0.489 bits per heavy atom. The van der Waals surface area contributed by atoms with Crippen LogP contribution in [-0.2, 0) is 102 Å². The molecule has 0 radical (unpaired) electrons. The molecule has 0 fully saturated rings. The molecule has 3 aromatic carbocycles. The smallest absolute Gasteiger partial charge is 0.850 e. The number of aryl methyl sites for hydroxylation is 3. The van der Waals surface area contributed by atoms with Crippen LogP contribution in [0.25, 0.3) is 0 Å². The van der Waals surface area contributed by atoms with Crippen molar-refractivity contribution in [2.75, 3.05) is 0 Å². The second-order valence-corrected chi connectivity index (χ2v) is 15.6. The molecule has 0 aliphatic heterocycles. The van der Waals surface area contributed by atoms with E-state index < -0.39 is 5.69 Å². The fraction of sp³-hybridized carbons (Fsp3) is 0.538. The van der Waals surface area contributed by atoms with E-state index in [0.717, 1.165) is 0 Å². The van der Waals surface area contributed by atoms with E-state index in [0.29, 0.717) is 0 Å². The summed E-state index contributed by atoms with van der Waals surface area (Å²) in [6.45, 7) is 6.76. The average molecular weight is 849 g/mol. The Hall–Kier alpha value is 0.450. The molecule has 47 heavy (non-hydrogen) atoms. The third kappa shape index (κ3) is 44.4. The number of hydrogen-bond acceptors (Lipinski definition) is 4. The molecular formula is C39H57O2PS2Zn3. The van der Waals surface area contributed by atoms with Crippen LogP contribution < -0.4 is 9.79 Å².